The third kappa shape index (κ3) is 6.23. The molecule has 3 fully saturated rings. The number of hydrogen-bond donors (Lipinski definition) is 3. The van der Waals surface area contributed by atoms with Crippen LogP contribution in [0.2, 0.25) is 0 Å². The number of carbonyl (C=O) groups is 4. The zero-order valence-electron chi connectivity index (χ0n) is 18.6. The van der Waals surface area contributed by atoms with E-state index in [1.165, 1.54) is 4.90 Å². The van der Waals surface area contributed by atoms with Crippen LogP contribution in [0.4, 0.5) is 9.59 Å². The maximum absolute atomic E-state index is 12.6. The molecule has 3 heterocycles. The molecule has 186 valence electrons. The standard InChI is InChI=1S/C18H29N5O9S/c1-18(2,3)31-17(27)21-8-4-5-11(9-21)14(24)19-20-15(25)13-7-6-12-10-22(13)16(26)23(12)32-33(28,29)30/h11-13H,4-10H2,1-3H3,(H,19,24)(H,20,25)(H,28,29,30)/t11?,12-,13-/m1/s1. The second-order valence-electron chi connectivity index (χ2n) is 9.25. The van der Waals surface area contributed by atoms with Crippen LogP contribution in [-0.4, -0.2) is 89.1 Å². The summed E-state index contributed by atoms with van der Waals surface area (Å²) in [7, 11) is -4.89. The van der Waals surface area contributed by atoms with Gasteiger partial charge in [-0.1, -0.05) is 0 Å². The molecule has 3 atom stereocenters. The normalized spacial score (nSPS) is 25.6. The first-order valence-electron chi connectivity index (χ1n) is 10.6. The third-order valence-electron chi connectivity index (χ3n) is 5.55. The minimum absolute atomic E-state index is 0.0356. The van der Waals surface area contributed by atoms with Crippen molar-refractivity contribution in [2.75, 3.05) is 19.6 Å². The van der Waals surface area contributed by atoms with Gasteiger partial charge in [0.05, 0.1) is 12.0 Å². The molecular weight excluding hydrogens is 462 g/mol. The van der Waals surface area contributed by atoms with Gasteiger partial charge in [-0.25, -0.2) is 9.59 Å². The minimum Gasteiger partial charge on any atom is -0.444 e. The number of nitrogens with one attached hydrogen (secondary N) is 2. The number of nitrogens with zero attached hydrogens (tertiary/aromatic N) is 3. The number of piperidine rings is 2. The lowest BCUT2D eigenvalue weighted by Gasteiger charge is -2.33. The van der Waals surface area contributed by atoms with Crippen molar-refractivity contribution in [3.63, 3.8) is 0 Å². The largest absolute Gasteiger partial charge is 0.444 e. The quantitative estimate of drug-likeness (QED) is 0.355. The summed E-state index contributed by atoms with van der Waals surface area (Å²) < 4.78 is 40.4. The predicted molar refractivity (Wildman–Crippen MR) is 110 cm³/mol. The van der Waals surface area contributed by atoms with Gasteiger partial charge >= 0.3 is 22.5 Å². The fraction of sp³-hybridized carbons (Fsp3) is 0.778. The molecule has 3 rings (SSSR count). The van der Waals surface area contributed by atoms with Gasteiger partial charge in [0.25, 0.3) is 5.91 Å². The number of hydrazine groups is 1. The minimum atomic E-state index is -4.89. The monoisotopic (exact) mass is 491 g/mol. The Hall–Kier alpha value is -2.65. The van der Waals surface area contributed by atoms with Crippen LogP contribution in [0.25, 0.3) is 0 Å². The molecule has 14 nitrogen and oxygen atoms in total. The molecule has 0 aromatic heterocycles. The molecule has 3 saturated heterocycles. The van der Waals surface area contributed by atoms with E-state index in [2.05, 4.69) is 15.1 Å². The van der Waals surface area contributed by atoms with E-state index in [1.807, 2.05) is 0 Å². The van der Waals surface area contributed by atoms with Gasteiger partial charge in [-0.3, -0.25) is 25.0 Å². The van der Waals surface area contributed by atoms with Crippen molar-refractivity contribution >= 4 is 34.3 Å². The Balaban J connectivity index is 1.52. The van der Waals surface area contributed by atoms with Crippen molar-refractivity contribution in [2.24, 2.45) is 5.92 Å². The van der Waals surface area contributed by atoms with Crippen molar-refractivity contribution in [2.45, 2.75) is 64.1 Å². The zero-order valence-corrected chi connectivity index (χ0v) is 19.5. The fourth-order valence-electron chi connectivity index (χ4n) is 4.10. The Kier molecular flexibility index (Phi) is 7.04. The Bertz CT molecular complexity index is 919. The van der Waals surface area contributed by atoms with E-state index >= 15 is 0 Å². The van der Waals surface area contributed by atoms with Crippen molar-refractivity contribution in [1.29, 1.82) is 0 Å². The Labute approximate surface area is 191 Å². The molecule has 1 unspecified atom stereocenters. The summed E-state index contributed by atoms with van der Waals surface area (Å²) in [5.41, 5.74) is 3.99. The van der Waals surface area contributed by atoms with E-state index in [0.717, 1.165) is 4.90 Å². The van der Waals surface area contributed by atoms with E-state index in [-0.39, 0.29) is 25.9 Å². The maximum atomic E-state index is 12.6. The molecule has 0 radical (unpaired) electrons. The molecule has 15 heteroatoms. The molecule has 0 aliphatic carbocycles. The van der Waals surface area contributed by atoms with Crippen LogP contribution in [0.1, 0.15) is 46.5 Å². The van der Waals surface area contributed by atoms with Crippen molar-refractivity contribution in [3.8, 4) is 0 Å². The first kappa shape index (κ1) is 25.0. The second kappa shape index (κ2) is 9.30. The van der Waals surface area contributed by atoms with Gasteiger partial charge in [-0.15, -0.1) is 4.28 Å². The van der Waals surface area contributed by atoms with E-state index in [0.29, 0.717) is 24.4 Å². The van der Waals surface area contributed by atoms with Gasteiger partial charge in [0.2, 0.25) is 5.91 Å². The number of ether oxygens (including phenoxy) is 1. The summed E-state index contributed by atoms with van der Waals surface area (Å²) in [6.45, 7) is 5.90. The Morgan fingerprint density at radius 1 is 1.06 bits per heavy atom. The van der Waals surface area contributed by atoms with Crippen LogP contribution in [0.3, 0.4) is 0 Å². The van der Waals surface area contributed by atoms with Crippen molar-refractivity contribution < 1.29 is 41.2 Å². The topological polar surface area (TPSA) is 175 Å². The molecule has 5 amide bonds. The van der Waals surface area contributed by atoms with Crippen LogP contribution < -0.4 is 10.9 Å². The summed E-state index contributed by atoms with van der Waals surface area (Å²) in [6, 6.07) is -2.45. The summed E-state index contributed by atoms with van der Waals surface area (Å²) in [5.74, 6) is -1.67. The van der Waals surface area contributed by atoms with Gasteiger partial charge in [-0.2, -0.15) is 13.5 Å². The number of rotatable bonds is 4. The average Bonchev–Trinajstić information content (AvgIpc) is 2.94. The van der Waals surface area contributed by atoms with Crippen LogP contribution in [0, 0.1) is 5.92 Å². The Morgan fingerprint density at radius 3 is 2.36 bits per heavy atom. The highest BCUT2D eigenvalue weighted by Gasteiger charge is 2.49. The smallest absolute Gasteiger partial charge is 0.418 e. The fourth-order valence-corrected chi connectivity index (χ4v) is 4.48. The molecule has 2 bridgehead atoms. The van der Waals surface area contributed by atoms with Gasteiger partial charge in [0.1, 0.15) is 11.6 Å². The lowest BCUT2D eigenvalue weighted by Crippen LogP contribution is -2.56. The molecular formula is C18H29N5O9S. The lowest BCUT2D eigenvalue weighted by molar-refractivity contribution is -0.134. The third-order valence-corrected chi connectivity index (χ3v) is 5.90. The number of amides is 5. The number of likely N-dealkylation sites (tertiary alicyclic amines) is 1. The van der Waals surface area contributed by atoms with Crippen molar-refractivity contribution in [3.05, 3.63) is 0 Å². The molecule has 33 heavy (non-hydrogen) atoms. The van der Waals surface area contributed by atoms with Crippen LogP contribution in [-0.2, 0) is 29.0 Å². The Morgan fingerprint density at radius 2 is 1.73 bits per heavy atom. The van der Waals surface area contributed by atoms with E-state index in [4.69, 9.17) is 9.29 Å². The van der Waals surface area contributed by atoms with Gasteiger partial charge in [0.15, 0.2) is 0 Å². The van der Waals surface area contributed by atoms with Gasteiger partial charge in [0, 0.05) is 19.6 Å². The molecule has 0 saturated carbocycles. The van der Waals surface area contributed by atoms with Gasteiger partial charge in [-0.05, 0) is 46.5 Å². The van der Waals surface area contributed by atoms with Gasteiger partial charge < -0.3 is 14.5 Å². The molecule has 0 aromatic carbocycles. The molecule has 0 spiro atoms. The summed E-state index contributed by atoms with van der Waals surface area (Å²) in [5, 5.41) is 0.536. The first-order chi connectivity index (χ1) is 15.2. The number of fused-ring (bicyclic) bond motifs is 2. The number of hydroxylamine groups is 2. The highest BCUT2D eigenvalue weighted by molar-refractivity contribution is 7.80. The molecule has 3 aliphatic heterocycles. The number of hydrogen-bond acceptors (Lipinski definition) is 8. The number of carbonyl (C=O) groups excluding carboxylic acids is 4. The highest BCUT2D eigenvalue weighted by atomic mass is 32.3. The zero-order chi connectivity index (χ0) is 24.6. The van der Waals surface area contributed by atoms with E-state index < -0.39 is 57.9 Å². The highest BCUT2D eigenvalue weighted by Crippen LogP contribution is 2.30. The van der Waals surface area contributed by atoms with Crippen LogP contribution >= 0.6 is 0 Å². The average molecular weight is 492 g/mol. The van der Waals surface area contributed by atoms with E-state index in [9.17, 15) is 27.6 Å². The van der Waals surface area contributed by atoms with E-state index in [1.54, 1.807) is 20.8 Å². The van der Waals surface area contributed by atoms with Crippen LogP contribution in [0.15, 0.2) is 0 Å². The SMILES string of the molecule is CC(C)(C)OC(=O)N1CCCC(C(=O)NNC(=O)[C@H]2CC[C@@H]3CN2C(=O)N3OS(=O)(=O)O)C1. The lowest BCUT2D eigenvalue weighted by atomic mass is 9.97. The number of urea groups is 1. The predicted octanol–water partition coefficient (Wildman–Crippen LogP) is -0.216. The first-order valence-corrected chi connectivity index (χ1v) is 12.0. The van der Waals surface area contributed by atoms with Crippen molar-refractivity contribution in [1.82, 2.24) is 25.7 Å². The summed E-state index contributed by atoms with van der Waals surface area (Å²) >= 11 is 0. The maximum Gasteiger partial charge on any atom is 0.418 e. The van der Waals surface area contributed by atoms with Crippen LogP contribution in [0.5, 0.6) is 0 Å². The summed E-state index contributed by atoms with van der Waals surface area (Å²) in [6.07, 6.45) is 1.08. The summed E-state index contributed by atoms with van der Waals surface area (Å²) in [4.78, 5) is 52.4. The molecule has 3 N–H and O–H groups in total. The molecule has 3 aliphatic rings. The molecule has 0 aromatic rings. The second-order valence-corrected chi connectivity index (χ2v) is 10.3.